The average Bonchev–Trinajstić information content (AvgIpc) is 2.25. The molecule has 1 aromatic carbocycles. The summed E-state index contributed by atoms with van der Waals surface area (Å²) in [5.41, 5.74) is 4.72. The molecule has 3 heteroatoms. The quantitative estimate of drug-likeness (QED) is 0.408. The Morgan fingerprint density at radius 2 is 2.00 bits per heavy atom. The van der Waals surface area contributed by atoms with Gasteiger partial charge in [-0.2, -0.15) is 0 Å². The molecule has 82 valence electrons. The second-order valence-corrected chi connectivity index (χ2v) is 9.25. The minimum absolute atomic E-state index is 0.529. The fourth-order valence-corrected chi connectivity index (χ4v) is 1.63. The van der Waals surface area contributed by atoms with Gasteiger partial charge in [0, 0.05) is 5.56 Å². The monoisotopic (exact) mass is 229 g/mol. The Labute approximate surface area is 98.1 Å². The molecule has 0 bridgehead atoms. The predicted octanol–water partition coefficient (Wildman–Crippen LogP) is 3.47. The summed E-state index contributed by atoms with van der Waals surface area (Å²) in [5, 5.41) is 0. The molecule has 0 fully saturated rings. The lowest BCUT2D eigenvalue weighted by atomic mass is 10.2. The molecule has 16 heavy (non-hydrogen) atoms. The molecule has 0 aromatic heterocycles. The number of hydrogen-bond donors (Lipinski definition) is 0. The van der Waals surface area contributed by atoms with Crippen molar-refractivity contribution in [1.29, 1.82) is 0 Å². The summed E-state index contributed by atoms with van der Waals surface area (Å²) in [6.45, 7) is 13.6. The molecule has 0 spiro atoms. The molecular weight excluding hydrogens is 214 g/mol. The highest BCUT2D eigenvalue weighted by Crippen LogP contribution is 2.27. The van der Waals surface area contributed by atoms with E-state index in [1.807, 2.05) is 12.1 Å². The first-order valence-electron chi connectivity index (χ1n) is 5.05. The van der Waals surface area contributed by atoms with E-state index in [9.17, 15) is 0 Å². The maximum Gasteiger partial charge on any atom is 0.228 e. The summed E-state index contributed by atoms with van der Waals surface area (Å²) in [4.78, 5) is 3.38. The van der Waals surface area contributed by atoms with E-state index < -0.39 is 8.07 Å². The Morgan fingerprint density at radius 3 is 2.50 bits per heavy atom. The zero-order valence-corrected chi connectivity index (χ0v) is 11.1. The Hall–Kier alpha value is -1.71. The van der Waals surface area contributed by atoms with Crippen LogP contribution in [0.5, 0.6) is 5.75 Å². The van der Waals surface area contributed by atoms with Crippen LogP contribution in [-0.4, -0.2) is 15.2 Å². The van der Waals surface area contributed by atoms with Gasteiger partial charge in [0.2, 0.25) is 5.69 Å². The maximum atomic E-state index is 6.98. The van der Waals surface area contributed by atoms with Crippen LogP contribution in [0.4, 0.5) is 5.69 Å². The molecule has 0 unspecified atom stereocenters. The third kappa shape index (κ3) is 3.45. The van der Waals surface area contributed by atoms with E-state index >= 15 is 0 Å². The Kier molecular flexibility index (Phi) is 3.76. The van der Waals surface area contributed by atoms with Crippen LogP contribution in [-0.2, 0) is 0 Å². The number of benzene rings is 1. The molecular formula is C13H15NOSi. The van der Waals surface area contributed by atoms with Crippen LogP contribution < -0.4 is 4.74 Å². The summed E-state index contributed by atoms with van der Waals surface area (Å²) >= 11 is 0. The van der Waals surface area contributed by atoms with Crippen molar-refractivity contribution in [3.05, 3.63) is 35.2 Å². The van der Waals surface area contributed by atoms with Crippen molar-refractivity contribution in [3.63, 3.8) is 0 Å². The number of methoxy groups -OCH3 is 1. The van der Waals surface area contributed by atoms with Crippen molar-refractivity contribution in [2.45, 2.75) is 19.6 Å². The second-order valence-electron chi connectivity index (χ2n) is 4.50. The lowest BCUT2D eigenvalue weighted by molar-refractivity contribution is 0.417. The topological polar surface area (TPSA) is 13.6 Å². The number of nitrogens with zero attached hydrogens (tertiary/aromatic N) is 1. The van der Waals surface area contributed by atoms with Gasteiger partial charge in [-0.3, -0.25) is 0 Å². The first kappa shape index (κ1) is 12.4. The molecule has 0 heterocycles. The van der Waals surface area contributed by atoms with Crippen LogP contribution in [0.2, 0.25) is 19.6 Å². The van der Waals surface area contributed by atoms with E-state index in [0.717, 1.165) is 5.56 Å². The van der Waals surface area contributed by atoms with Crippen LogP contribution in [0.3, 0.4) is 0 Å². The van der Waals surface area contributed by atoms with Gasteiger partial charge in [0.05, 0.1) is 13.7 Å². The van der Waals surface area contributed by atoms with Gasteiger partial charge < -0.3 is 4.74 Å². The second kappa shape index (κ2) is 4.87. The minimum Gasteiger partial charge on any atom is -0.508 e. The molecule has 1 rings (SSSR count). The van der Waals surface area contributed by atoms with E-state index in [-0.39, 0.29) is 0 Å². The maximum absolute atomic E-state index is 6.98. The first-order valence-corrected chi connectivity index (χ1v) is 8.55. The highest BCUT2D eigenvalue weighted by atomic mass is 28.3. The van der Waals surface area contributed by atoms with Gasteiger partial charge in [0.15, 0.2) is 0 Å². The van der Waals surface area contributed by atoms with E-state index in [4.69, 9.17) is 11.3 Å². The van der Waals surface area contributed by atoms with Gasteiger partial charge in [0.25, 0.3) is 0 Å². The molecule has 2 nitrogen and oxygen atoms in total. The van der Waals surface area contributed by atoms with Crippen LogP contribution in [0.1, 0.15) is 5.56 Å². The van der Waals surface area contributed by atoms with E-state index in [1.54, 1.807) is 13.2 Å². The fourth-order valence-electron chi connectivity index (χ4n) is 1.11. The third-order valence-corrected chi connectivity index (χ3v) is 2.76. The number of hydrogen-bond acceptors (Lipinski definition) is 1. The van der Waals surface area contributed by atoms with Crippen LogP contribution in [0, 0.1) is 18.0 Å². The molecule has 0 saturated heterocycles. The van der Waals surface area contributed by atoms with Gasteiger partial charge in [0.1, 0.15) is 13.8 Å². The zero-order valence-electron chi connectivity index (χ0n) is 10.1. The van der Waals surface area contributed by atoms with Crippen molar-refractivity contribution < 1.29 is 4.74 Å². The number of ether oxygens (including phenoxy) is 1. The summed E-state index contributed by atoms with van der Waals surface area (Å²) in [7, 11) is 0.217. The summed E-state index contributed by atoms with van der Waals surface area (Å²) in [5.74, 6) is 3.73. The molecule has 0 N–H and O–H groups in total. The van der Waals surface area contributed by atoms with E-state index in [0.29, 0.717) is 11.4 Å². The highest BCUT2D eigenvalue weighted by Gasteiger charge is 2.08. The lowest BCUT2D eigenvalue weighted by Crippen LogP contribution is -2.16. The highest BCUT2D eigenvalue weighted by molar-refractivity contribution is 6.83. The SMILES string of the molecule is [C-]#[N+]c1ccc(C#C[Si](C)(C)C)cc1OC. The van der Waals surface area contributed by atoms with Crippen molar-refractivity contribution in [2.24, 2.45) is 0 Å². The van der Waals surface area contributed by atoms with Gasteiger partial charge in [-0.15, -0.1) is 5.54 Å². The zero-order chi connectivity index (χ0) is 12.2. The Bertz CT molecular complexity index is 483. The Balaban J connectivity index is 3.09. The normalized spacial score (nSPS) is 9.94. The van der Waals surface area contributed by atoms with Crippen LogP contribution in [0.15, 0.2) is 18.2 Å². The van der Waals surface area contributed by atoms with Crippen molar-refractivity contribution in [1.82, 2.24) is 0 Å². The molecule has 0 amide bonds. The minimum atomic E-state index is -1.35. The number of rotatable bonds is 1. The lowest BCUT2D eigenvalue weighted by Gasteiger charge is -2.05. The van der Waals surface area contributed by atoms with Crippen LogP contribution >= 0.6 is 0 Å². The van der Waals surface area contributed by atoms with Crippen molar-refractivity contribution >= 4 is 13.8 Å². The smallest absolute Gasteiger partial charge is 0.228 e. The van der Waals surface area contributed by atoms with E-state index in [1.165, 1.54) is 0 Å². The molecule has 0 atom stereocenters. The van der Waals surface area contributed by atoms with Gasteiger partial charge in [-0.1, -0.05) is 37.7 Å². The van der Waals surface area contributed by atoms with Gasteiger partial charge in [-0.25, -0.2) is 4.85 Å². The van der Waals surface area contributed by atoms with E-state index in [2.05, 4.69) is 36.0 Å². The molecule has 0 radical (unpaired) electrons. The fraction of sp³-hybridized carbons (Fsp3) is 0.308. The standard InChI is InChI=1S/C13H15NOSi/c1-14-12-7-6-11(10-13(12)15-2)8-9-16(3,4)5/h6-7,10H,2-5H3. The van der Waals surface area contributed by atoms with Crippen molar-refractivity contribution in [2.75, 3.05) is 7.11 Å². The molecule has 0 saturated carbocycles. The predicted molar refractivity (Wildman–Crippen MR) is 69.5 cm³/mol. The van der Waals surface area contributed by atoms with Crippen LogP contribution in [0.25, 0.3) is 4.85 Å². The molecule has 0 aliphatic heterocycles. The average molecular weight is 229 g/mol. The van der Waals surface area contributed by atoms with Gasteiger partial charge >= 0.3 is 0 Å². The summed E-state index contributed by atoms with van der Waals surface area (Å²) < 4.78 is 5.14. The molecule has 0 aliphatic carbocycles. The third-order valence-electron chi connectivity index (χ3n) is 1.88. The molecule has 0 aliphatic rings. The van der Waals surface area contributed by atoms with Crippen molar-refractivity contribution in [3.8, 4) is 17.2 Å². The molecule has 1 aromatic rings. The van der Waals surface area contributed by atoms with Gasteiger partial charge in [-0.05, 0) is 6.07 Å². The largest absolute Gasteiger partial charge is 0.508 e. The Morgan fingerprint density at radius 1 is 1.31 bits per heavy atom. The summed E-state index contributed by atoms with van der Waals surface area (Å²) in [6.07, 6.45) is 0. The summed E-state index contributed by atoms with van der Waals surface area (Å²) in [6, 6.07) is 5.43. The first-order chi connectivity index (χ1) is 7.46.